The number of nitro benzene ring substituents is 1. The van der Waals surface area contributed by atoms with Crippen molar-refractivity contribution in [1.82, 2.24) is 9.80 Å². The summed E-state index contributed by atoms with van der Waals surface area (Å²) in [6.45, 7) is 9.18. The van der Waals surface area contributed by atoms with Crippen LogP contribution in [-0.4, -0.2) is 40.9 Å². The van der Waals surface area contributed by atoms with Gasteiger partial charge in [0, 0.05) is 38.3 Å². The first-order valence-electron chi connectivity index (χ1n) is 7.60. The number of nitro groups is 1. The van der Waals surface area contributed by atoms with E-state index in [1.54, 1.807) is 12.1 Å². The molecule has 0 unspecified atom stereocenters. The Bertz CT molecular complexity index is 579. The summed E-state index contributed by atoms with van der Waals surface area (Å²) in [5.41, 5.74) is 2.02. The molecule has 4 saturated heterocycles. The molecule has 0 aromatic heterocycles. The number of nitrogens with zero attached hydrogens (tertiary/aromatic N) is 3. The highest BCUT2D eigenvalue weighted by atomic mass is 16.6. The molecular weight excluding hydrogens is 266 g/mol. The molecule has 4 aliphatic heterocycles. The van der Waals surface area contributed by atoms with Crippen LogP contribution in [0, 0.1) is 20.9 Å². The summed E-state index contributed by atoms with van der Waals surface area (Å²) in [5, 5.41) is 11.0. The Morgan fingerprint density at radius 1 is 1.14 bits per heavy atom. The standard InChI is InChI=1S/C16H21N3O2/c1-15-7-16(2)10-17(8-15)14(18(9-15)11-16)12-4-3-5-13(6-12)19(20)21/h3-6,14H,7-11H2,1-2H3. The second-order valence-electron chi connectivity index (χ2n) is 7.83. The Labute approximate surface area is 124 Å². The minimum Gasteiger partial charge on any atom is -0.283 e. The normalized spacial score (nSPS) is 44.0. The predicted molar refractivity (Wildman–Crippen MR) is 79.8 cm³/mol. The van der Waals surface area contributed by atoms with Crippen molar-refractivity contribution in [3.8, 4) is 0 Å². The number of benzene rings is 1. The highest BCUT2D eigenvalue weighted by Gasteiger charge is 2.56. The minimum absolute atomic E-state index is 0.195. The molecule has 112 valence electrons. The molecule has 4 fully saturated rings. The van der Waals surface area contributed by atoms with E-state index >= 15 is 0 Å². The average Bonchev–Trinajstić information content (AvgIpc) is 2.35. The molecule has 1 aromatic rings. The molecule has 1 aromatic carbocycles. The number of piperidine rings is 2. The summed E-state index contributed by atoms with van der Waals surface area (Å²) >= 11 is 0. The number of hydrogen-bond acceptors (Lipinski definition) is 4. The summed E-state index contributed by atoms with van der Waals surface area (Å²) in [6.07, 6.45) is 1.51. The fourth-order valence-corrected chi connectivity index (χ4v) is 5.22. The van der Waals surface area contributed by atoms with Crippen LogP contribution < -0.4 is 0 Å². The van der Waals surface area contributed by atoms with E-state index in [9.17, 15) is 10.1 Å². The first-order chi connectivity index (χ1) is 9.88. The summed E-state index contributed by atoms with van der Waals surface area (Å²) in [4.78, 5) is 15.8. The van der Waals surface area contributed by atoms with Crippen molar-refractivity contribution in [2.24, 2.45) is 10.8 Å². The Morgan fingerprint density at radius 3 is 2.24 bits per heavy atom. The van der Waals surface area contributed by atoms with Crippen molar-refractivity contribution in [2.45, 2.75) is 26.4 Å². The van der Waals surface area contributed by atoms with E-state index in [-0.39, 0.29) is 16.8 Å². The third kappa shape index (κ3) is 1.99. The van der Waals surface area contributed by atoms with E-state index in [1.165, 1.54) is 6.42 Å². The number of rotatable bonds is 2. The molecule has 0 aliphatic carbocycles. The lowest BCUT2D eigenvalue weighted by Crippen LogP contribution is -2.70. The Hall–Kier alpha value is -1.46. The van der Waals surface area contributed by atoms with E-state index in [1.807, 2.05) is 12.1 Å². The molecule has 5 nitrogen and oxygen atoms in total. The molecular formula is C16H21N3O2. The maximum absolute atomic E-state index is 11.0. The van der Waals surface area contributed by atoms with Crippen molar-refractivity contribution in [2.75, 3.05) is 26.2 Å². The van der Waals surface area contributed by atoms with Crippen LogP contribution in [-0.2, 0) is 0 Å². The molecule has 4 heterocycles. The summed E-state index contributed by atoms with van der Waals surface area (Å²) in [6, 6.07) is 7.17. The SMILES string of the molecule is CC12CN3CC(C)(CN(C1)C3c1cccc([N+](=O)[O-])c1)C2. The lowest BCUT2D eigenvalue weighted by atomic mass is 9.63. The third-order valence-corrected chi connectivity index (χ3v) is 5.26. The van der Waals surface area contributed by atoms with Crippen LogP contribution in [0.3, 0.4) is 0 Å². The lowest BCUT2D eigenvalue weighted by Gasteiger charge is -2.66. The van der Waals surface area contributed by atoms with E-state index in [2.05, 4.69) is 23.6 Å². The van der Waals surface area contributed by atoms with Gasteiger partial charge in [0.25, 0.3) is 5.69 Å². The molecule has 0 amide bonds. The van der Waals surface area contributed by atoms with Gasteiger partial charge in [-0.05, 0) is 22.8 Å². The van der Waals surface area contributed by atoms with E-state index in [0.29, 0.717) is 10.8 Å². The zero-order chi connectivity index (χ0) is 14.8. The molecule has 0 atom stereocenters. The van der Waals surface area contributed by atoms with E-state index < -0.39 is 0 Å². The minimum atomic E-state index is -0.299. The van der Waals surface area contributed by atoms with Crippen molar-refractivity contribution in [3.63, 3.8) is 0 Å². The Kier molecular flexibility index (Phi) is 2.55. The van der Waals surface area contributed by atoms with Gasteiger partial charge in [-0.3, -0.25) is 19.9 Å². The van der Waals surface area contributed by atoms with Crippen LogP contribution in [0.2, 0.25) is 0 Å². The summed E-state index contributed by atoms with van der Waals surface area (Å²) in [7, 11) is 0. The summed E-state index contributed by atoms with van der Waals surface area (Å²) in [5.74, 6) is 0. The van der Waals surface area contributed by atoms with Crippen LogP contribution in [0.5, 0.6) is 0 Å². The largest absolute Gasteiger partial charge is 0.283 e. The van der Waals surface area contributed by atoms with Gasteiger partial charge in [-0.25, -0.2) is 0 Å². The second-order valence-corrected chi connectivity index (χ2v) is 7.83. The van der Waals surface area contributed by atoms with Gasteiger partial charge in [-0.15, -0.1) is 0 Å². The van der Waals surface area contributed by atoms with Crippen molar-refractivity contribution < 1.29 is 4.92 Å². The maximum Gasteiger partial charge on any atom is 0.269 e. The number of hydrogen-bond donors (Lipinski definition) is 0. The van der Waals surface area contributed by atoms with Crippen LogP contribution in [0.15, 0.2) is 24.3 Å². The van der Waals surface area contributed by atoms with Crippen molar-refractivity contribution in [1.29, 1.82) is 0 Å². The Morgan fingerprint density at radius 2 is 1.71 bits per heavy atom. The fraction of sp³-hybridized carbons (Fsp3) is 0.625. The molecule has 5 heteroatoms. The topological polar surface area (TPSA) is 49.6 Å². The first kappa shape index (κ1) is 13.2. The molecule has 4 bridgehead atoms. The van der Waals surface area contributed by atoms with Crippen LogP contribution in [0.4, 0.5) is 5.69 Å². The van der Waals surface area contributed by atoms with Gasteiger partial charge in [-0.1, -0.05) is 26.0 Å². The zero-order valence-corrected chi connectivity index (χ0v) is 12.6. The quantitative estimate of drug-likeness (QED) is 0.620. The van der Waals surface area contributed by atoms with Crippen LogP contribution in [0.1, 0.15) is 32.0 Å². The lowest BCUT2D eigenvalue weighted by molar-refractivity contribution is -0.385. The fourth-order valence-electron chi connectivity index (χ4n) is 5.22. The van der Waals surface area contributed by atoms with Gasteiger partial charge in [0.1, 0.15) is 0 Å². The molecule has 4 aliphatic rings. The van der Waals surface area contributed by atoms with Gasteiger partial charge in [0.05, 0.1) is 11.1 Å². The second kappa shape index (κ2) is 4.05. The van der Waals surface area contributed by atoms with E-state index in [0.717, 1.165) is 31.7 Å². The number of non-ortho nitro benzene ring substituents is 1. The van der Waals surface area contributed by atoms with E-state index in [4.69, 9.17) is 0 Å². The van der Waals surface area contributed by atoms with Gasteiger partial charge in [0.15, 0.2) is 0 Å². The molecule has 21 heavy (non-hydrogen) atoms. The maximum atomic E-state index is 11.0. The van der Waals surface area contributed by atoms with Gasteiger partial charge in [0.2, 0.25) is 0 Å². The highest BCUT2D eigenvalue weighted by Crippen LogP contribution is 2.54. The smallest absolute Gasteiger partial charge is 0.269 e. The zero-order valence-electron chi connectivity index (χ0n) is 12.6. The van der Waals surface area contributed by atoms with Gasteiger partial charge < -0.3 is 0 Å². The molecule has 0 spiro atoms. The van der Waals surface area contributed by atoms with Gasteiger partial charge >= 0.3 is 0 Å². The third-order valence-electron chi connectivity index (χ3n) is 5.26. The molecule has 5 rings (SSSR count). The molecule has 0 radical (unpaired) electrons. The molecule has 0 N–H and O–H groups in total. The van der Waals surface area contributed by atoms with Gasteiger partial charge in [-0.2, -0.15) is 0 Å². The highest BCUT2D eigenvalue weighted by molar-refractivity contribution is 5.36. The predicted octanol–water partition coefficient (Wildman–Crippen LogP) is 2.64. The monoisotopic (exact) mass is 287 g/mol. The van der Waals surface area contributed by atoms with Crippen LogP contribution >= 0.6 is 0 Å². The summed E-state index contributed by atoms with van der Waals surface area (Å²) < 4.78 is 0. The Balaban J connectivity index is 1.71. The van der Waals surface area contributed by atoms with Crippen molar-refractivity contribution >= 4 is 5.69 Å². The molecule has 0 saturated carbocycles. The van der Waals surface area contributed by atoms with Crippen LogP contribution in [0.25, 0.3) is 0 Å². The first-order valence-corrected chi connectivity index (χ1v) is 7.60. The average molecular weight is 287 g/mol. The van der Waals surface area contributed by atoms with Crippen molar-refractivity contribution in [3.05, 3.63) is 39.9 Å².